The number of benzene rings is 1. The van der Waals surface area contributed by atoms with Gasteiger partial charge in [0.25, 0.3) is 0 Å². The van der Waals surface area contributed by atoms with Gasteiger partial charge in [-0.15, -0.1) is 0 Å². The fourth-order valence-electron chi connectivity index (χ4n) is 2.10. The Labute approximate surface area is 95.9 Å². The molecular weight excluding hydrogens is 198 g/mol. The fourth-order valence-corrected chi connectivity index (χ4v) is 2.10. The van der Waals surface area contributed by atoms with Gasteiger partial charge in [0.05, 0.1) is 0 Å². The summed E-state index contributed by atoms with van der Waals surface area (Å²) in [6.07, 6.45) is 3.61. The molecule has 1 heterocycles. The maximum absolute atomic E-state index is 11.0. The van der Waals surface area contributed by atoms with Crippen molar-refractivity contribution in [3.63, 3.8) is 0 Å². The van der Waals surface area contributed by atoms with Crippen molar-refractivity contribution in [1.29, 1.82) is 0 Å². The molecular formula is C14H17NO. The number of Topliss-reactive ketones (excluding diaryl/α,β-unsaturated/α-hetero) is 1. The van der Waals surface area contributed by atoms with Crippen LogP contribution in [0.15, 0.2) is 24.4 Å². The van der Waals surface area contributed by atoms with E-state index in [1.165, 1.54) is 22.0 Å². The summed E-state index contributed by atoms with van der Waals surface area (Å²) >= 11 is 0. The molecule has 16 heavy (non-hydrogen) atoms. The highest BCUT2D eigenvalue weighted by molar-refractivity contribution is 5.85. The van der Waals surface area contributed by atoms with Crippen LogP contribution in [-0.4, -0.2) is 10.4 Å². The molecule has 1 aromatic carbocycles. The van der Waals surface area contributed by atoms with Crippen molar-refractivity contribution in [2.45, 2.75) is 26.7 Å². The molecule has 0 saturated carbocycles. The molecule has 84 valence electrons. The molecule has 0 unspecified atom stereocenters. The van der Waals surface area contributed by atoms with Crippen molar-refractivity contribution in [3.05, 3.63) is 35.5 Å². The van der Waals surface area contributed by atoms with Crippen molar-refractivity contribution in [1.82, 2.24) is 4.57 Å². The zero-order valence-corrected chi connectivity index (χ0v) is 10.1. The van der Waals surface area contributed by atoms with Crippen LogP contribution in [0.1, 0.15) is 24.5 Å². The van der Waals surface area contributed by atoms with Gasteiger partial charge in [-0.1, -0.05) is 11.6 Å². The normalized spacial score (nSPS) is 10.9. The molecule has 0 amide bonds. The lowest BCUT2D eigenvalue weighted by Crippen LogP contribution is -1.93. The van der Waals surface area contributed by atoms with Crippen LogP contribution in [0.4, 0.5) is 0 Å². The van der Waals surface area contributed by atoms with Gasteiger partial charge >= 0.3 is 0 Å². The smallest absolute Gasteiger partial charge is 0.130 e. The molecule has 0 spiro atoms. The van der Waals surface area contributed by atoms with E-state index in [4.69, 9.17) is 0 Å². The van der Waals surface area contributed by atoms with Crippen LogP contribution in [0.5, 0.6) is 0 Å². The van der Waals surface area contributed by atoms with Crippen LogP contribution < -0.4 is 0 Å². The molecule has 2 aromatic rings. The van der Waals surface area contributed by atoms with Crippen LogP contribution in [0.2, 0.25) is 0 Å². The van der Waals surface area contributed by atoms with Gasteiger partial charge < -0.3 is 9.36 Å². The molecule has 0 aliphatic carbocycles. The Hall–Kier alpha value is -1.57. The third kappa shape index (κ3) is 2.01. The fraction of sp³-hybridized carbons (Fsp3) is 0.357. The summed E-state index contributed by atoms with van der Waals surface area (Å²) in [6, 6.07) is 6.46. The lowest BCUT2D eigenvalue weighted by Gasteiger charge is -1.98. The van der Waals surface area contributed by atoms with Gasteiger partial charge in [-0.2, -0.15) is 0 Å². The lowest BCUT2D eigenvalue weighted by molar-refractivity contribution is -0.116. The van der Waals surface area contributed by atoms with Crippen molar-refractivity contribution in [2.24, 2.45) is 7.05 Å². The van der Waals surface area contributed by atoms with Crippen molar-refractivity contribution in [2.75, 3.05) is 0 Å². The van der Waals surface area contributed by atoms with Crippen LogP contribution in [0, 0.1) is 6.92 Å². The van der Waals surface area contributed by atoms with E-state index in [0.717, 1.165) is 6.42 Å². The second-order valence-corrected chi connectivity index (χ2v) is 4.49. The number of ketones is 1. The van der Waals surface area contributed by atoms with E-state index in [1.54, 1.807) is 6.92 Å². The Morgan fingerprint density at radius 2 is 2.12 bits per heavy atom. The summed E-state index contributed by atoms with van der Waals surface area (Å²) in [7, 11) is 2.05. The highest BCUT2D eigenvalue weighted by Crippen LogP contribution is 2.23. The zero-order valence-electron chi connectivity index (χ0n) is 10.1. The van der Waals surface area contributed by atoms with Crippen molar-refractivity contribution in [3.8, 4) is 0 Å². The van der Waals surface area contributed by atoms with Gasteiger partial charge in [0.15, 0.2) is 0 Å². The van der Waals surface area contributed by atoms with E-state index in [2.05, 4.69) is 42.9 Å². The Morgan fingerprint density at radius 1 is 1.38 bits per heavy atom. The SMILES string of the molecule is CC(=O)CCc1cn(C)c2ccc(C)cc12. The third-order valence-corrected chi connectivity index (χ3v) is 2.97. The molecule has 1 aromatic heterocycles. The molecule has 0 fully saturated rings. The first kappa shape index (κ1) is 10.9. The highest BCUT2D eigenvalue weighted by Gasteiger charge is 2.07. The van der Waals surface area contributed by atoms with E-state index in [1.807, 2.05) is 0 Å². The average molecular weight is 215 g/mol. The minimum absolute atomic E-state index is 0.254. The first-order valence-electron chi connectivity index (χ1n) is 5.62. The predicted molar refractivity (Wildman–Crippen MR) is 66.7 cm³/mol. The van der Waals surface area contributed by atoms with Crippen molar-refractivity contribution >= 4 is 16.7 Å². The van der Waals surface area contributed by atoms with Gasteiger partial charge in [-0.25, -0.2) is 0 Å². The van der Waals surface area contributed by atoms with Gasteiger partial charge in [-0.3, -0.25) is 0 Å². The van der Waals surface area contributed by atoms with E-state index in [-0.39, 0.29) is 5.78 Å². The second kappa shape index (κ2) is 4.12. The maximum atomic E-state index is 11.0. The van der Waals surface area contributed by atoms with Crippen LogP contribution >= 0.6 is 0 Å². The number of hydrogen-bond donors (Lipinski definition) is 0. The molecule has 0 radical (unpaired) electrons. The number of nitrogens with zero attached hydrogens (tertiary/aromatic N) is 1. The number of rotatable bonds is 3. The number of aryl methyl sites for hydroxylation is 3. The van der Waals surface area contributed by atoms with Gasteiger partial charge in [0.1, 0.15) is 5.78 Å². The molecule has 0 aliphatic rings. The zero-order chi connectivity index (χ0) is 11.7. The van der Waals surface area contributed by atoms with Gasteiger partial charge in [-0.05, 0) is 38.0 Å². The minimum atomic E-state index is 0.254. The Bertz CT molecular complexity index is 537. The summed E-state index contributed by atoms with van der Waals surface area (Å²) in [5, 5.41) is 1.28. The molecule has 2 rings (SSSR count). The van der Waals surface area contributed by atoms with E-state index >= 15 is 0 Å². The molecule has 2 nitrogen and oxygen atoms in total. The Morgan fingerprint density at radius 3 is 2.81 bits per heavy atom. The highest BCUT2D eigenvalue weighted by atomic mass is 16.1. The first-order chi connectivity index (χ1) is 7.58. The van der Waals surface area contributed by atoms with E-state index in [9.17, 15) is 4.79 Å². The number of fused-ring (bicyclic) bond motifs is 1. The average Bonchev–Trinajstić information content (AvgIpc) is 2.52. The number of carbonyl (C=O) groups excluding carboxylic acids is 1. The standard InChI is InChI=1S/C14H17NO/c1-10-4-7-14-13(8-10)12(9-15(14)3)6-5-11(2)16/h4,7-9H,5-6H2,1-3H3. The molecule has 2 heteroatoms. The summed E-state index contributed by atoms with van der Waals surface area (Å²) in [5.74, 6) is 0.254. The van der Waals surface area contributed by atoms with Gasteiger partial charge in [0.2, 0.25) is 0 Å². The van der Waals surface area contributed by atoms with Crippen molar-refractivity contribution < 1.29 is 4.79 Å². The molecule has 0 saturated heterocycles. The summed E-state index contributed by atoms with van der Waals surface area (Å²) in [5.41, 5.74) is 3.78. The number of aromatic nitrogens is 1. The third-order valence-electron chi connectivity index (χ3n) is 2.97. The second-order valence-electron chi connectivity index (χ2n) is 4.49. The molecule has 0 atom stereocenters. The number of hydrogen-bond acceptors (Lipinski definition) is 1. The Kier molecular flexibility index (Phi) is 2.82. The van der Waals surface area contributed by atoms with Crippen LogP contribution in [-0.2, 0) is 18.3 Å². The predicted octanol–water partition coefficient (Wildman–Crippen LogP) is 3.01. The maximum Gasteiger partial charge on any atom is 0.130 e. The van der Waals surface area contributed by atoms with E-state index < -0.39 is 0 Å². The van der Waals surface area contributed by atoms with Gasteiger partial charge in [0, 0.05) is 30.6 Å². The summed E-state index contributed by atoms with van der Waals surface area (Å²) in [6.45, 7) is 3.75. The van der Waals surface area contributed by atoms with Crippen LogP contribution in [0.3, 0.4) is 0 Å². The topological polar surface area (TPSA) is 22.0 Å². The monoisotopic (exact) mass is 215 g/mol. The minimum Gasteiger partial charge on any atom is -0.350 e. The lowest BCUT2D eigenvalue weighted by atomic mass is 10.1. The van der Waals surface area contributed by atoms with Crippen LogP contribution in [0.25, 0.3) is 10.9 Å². The van der Waals surface area contributed by atoms with E-state index in [0.29, 0.717) is 6.42 Å². The summed E-state index contributed by atoms with van der Waals surface area (Å²) in [4.78, 5) is 11.0. The number of carbonyl (C=O) groups is 1. The quantitative estimate of drug-likeness (QED) is 0.771. The Balaban J connectivity index is 2.44. The molecule has 0 bridgehead atoms. The molecule has 0 aliphatic heterocycles. The molecule has 0 N–H and O–H groups in total. The summed E-state index contributed by atoms with van der Waals surface area (Å²) < 4.78 is 2.13. The largest absolute Gasteiger partial charge is 0.350 e. The first-order valence-corrected chi connectivity index (χ1v) is 5.62.